The van der Waals surface area contributed by atoms with Crippen LogP contribution in [-0.4, -0.2) is 24.1 Å². The number of hydrogen-bond acceptors (Lipinski definition) is 3. The molecule has 4 heteroatoms. The van der Waals surface area contributed by atoms with Crippen LogP contribution in [-0.2, 0) is 4.79 Å². The lowest BCUT2D eigenvalue weighted by Crippen LogP contribution is -2.31. The molecule has 0 radical (unpaired) electrons. The molecule has 0 saturated heterocycles. The molecule has 26 heavy (non-hydrogen) atoms. The number of carbonyl (C=O) groups is 1. The Hall–Kier alpha value is -2.17. The van der Waals surface area contributed by atoms with Crippen molar-refractivity contribution in [1.82, 2.24) is 5.32 Å². The van der Waals surface area contributed by atoms with Gasteiger partial charge in [-0.1, -0.05) is 76.2 Å². The van der Waals surface area contributed by atoms with Crippen molar-refractivity contribution in [2.45, 2.75) is 45.6 Å². The van der Waals surface area contributed by atoms with E-state index in [1.54, 1.807) is 0 Å². The Balaban J connectivity index is 1.97. The summed E-state index contributed by atoms with van der Waals surface area (Å²) in [5, 5.41) is 16.3. The Labute approximate surface area is 156 Å². The number of carbonyl (C=O) groups excluding carboxylic acids is 1. The number of aliphatic hydroxyl groups is 1. The molecule has 0 aliphatic heterocycles. The van der Waals surface area contributed by atoms with Gasteiger partial charge in [0.05, 0.1) is 12.6 Å². The van der Waals surface area contributed by atoms with Crippen molar-refractivity contribution >= 4 is 11.6 Å². The first-order valence-corrected chi connectivity index (χ1v) is 9.26. The van der Waals surface area contributed by atoms with Crippen LogP contribution in [0.1, 0.15) is 62.3 Å². The molecule has 0 unspecified atom stereocenters. The van der Waals surface area contributed by atoms with Crippen molar-refractivity contribution in [2.75, 3.05) is 18.4 Å². The Bertz CT molecular complexity index is 685. The average Bonchev–Trinajstić information content (AvgIpc) is 2.62. The molecule has 140 valence electrons. The summed E-state index contributed by atoms with van der Waals surface area (Å²) < 4.78 is 0. The normalized spacial score (nSPS) is 12.4. The van der Waals surface area contributed by atoms with E-state index in [2.05, 4.69) is 56.5 Å². The number of para-hydroxylation sites is 1. The van der Waals surface area contributed by atoms with Gasteiger partial charge in [0, 0.05) is 12.2 Å². The summed E-state index contributed by atoms with van der Waals surface area (Å²) in [6.45, 7) is 9.01. The highest BCUT2D eigenvalue weighted by molar-refractivity contribution is 5.94. The molecular weight excluding hydrogens is 324 g/mol. The molecule has 0 spiro atoms. The van der Waals surface area contributed by atoms with Crippen LogP contribution in [0.3, 0.4) is 0 Å². The molecule has 0 bridgehead atoms. The van der Waals surface area contributed by atoms with E-state index in [4.69, 9.17) is 0 Å². The van der Waals surface area contributed by atoms with Crippen LogP contribution < -0.4 is 10.6 Å². The number of aliphatic hydroxyl groups excluding tert-OH is 1. The fourth-order valence-corrected chi connectivity index (χ4v) is 2.99. The van der Waals surface area contributed by atoms with Gasteiger partial charge in [-0.2, -0.15) is 0 Å². The third-order valence-electron chi connectivity index (χ3n) is 4.44. The predicted octanol–water partition coefficient (Wildman–Crippen LogP) is 4.20. The number of amides is 1. The molecule has 0 aliphatic carbocycles. The van der Waals surface area contributed by atoms with Crippen LogP contribution in [0, 0.1) is 0 Å². The Morgan fingerprint density at radius 3 is 2.04 bits per heavy atom. The van der Waals surface area contributed by atoms with Gasteiger partial charge in [0.25, 0.3) is 0 Å². The monoisotopic (exact) mass is 354 g/mol. The second-order valence-corrected chi connectivity index (χ2v) is 7.23. The standard InChI is InChI=1S/C22H30N2O2/c1-15(2)18-11-8-12-19(16(3)4)22(18)24-21(26)14-23-13-20(25)17-9-6-5-7-10-17/h5-12,15-16,20,23,25H,13-14H2,1-4H3,(H,24,26)/t20-/m1/s1. The summed E-state index contributed by atoms with van der Waals surface area (Å²) in [7, 11) is 0. The van der Waals surface area contributed by atoms with Crippen LogP contribution in [0.5, 0.6) is 0 Å². The molecule has 2 aromatic rings. The smallest absolute Gasteiger partial charge is 0.238 e. The number of benzene rings is 2. The van der Waals surface area contributed by atoms with Crippen molar-refractivity contribution < 1.29 is 9.90 Å². The maximum absolute atomic E-state index is 12.4. The van der Waals surface area contributed by atoms with Gasteiger partial charge >= 0.3 is 0 Å². The molecule has 3 N–H and O–H groups in total. The molecule has 0 saturated carbocycles. The van der Waals surface area contributed by atoms with Gasteiger partial charge in [0.2, 0.25) is 5.91 Å². The first-order valence-electron chi connectivity index (χ1n) is 9.26. The summed E-state index contributed by atoms with van der Waals surface area (Å²) in [4.78, 5) is 12.4. The third-order valence-corrected chi connectivity index (χ3v) is 4.44. The van der Waals surface area contributed by atoms with Crippen LogP contribution in [0.4, 0.5) is 5.69 Å². The summed E-state index contributed by atoms with van der Waals surface area (Å²) in [5.41, 5.74) is 4.06. The largest absolute Gasteiger partial charge is 0.387 e. The first-order chi connectivity index (χ1) is 12.4. The summed E-state index contributed by atoms with van der Waals surface area (Å²) in [6, 6.07) is 15.6. The highest BCUT2D eigenvalue weighted by atomic mass is 16.3. The molecule has 2 rings (SSSR count). The molecule has 0 fully saturated rings. The van der Waals surface area contributed by atoms with Crippen LogP contribution in [0.2, 0.25) is 0 Å². The molecule has 1 atom stereocenters. The molecule has 0 aromatic heterocycles. The highest BCUT2D eigenvalue weighted by Crippen LogP contribution is 2.32. The van der Waals surface area contributed by atoms with Crippen molar-refractivity contribution in [2.24, 2.45) is 0 Å². The van der Waals surface area contributed by atoms with Gasteiger partial charge in [-0.05, 0) is 28.5 Å². The van der Waals surface area contributed by atoms with E-state index < -0.39 is 6.10 Å². The van der Waals surface area contributed by atoms with Crippen LogP contribution in [0.25, 0.3) is 0 Å². The van der Waals surface area contributed by atoms with Crippen molar-refractivity contribution in [1.29, 1.82) is 0 Å². The van der Waals surface area contributed by atoms with Gasteiger partial charge in [-0.25, -0.2) is 0 Å². The van der Waals surface area contributed by atoms with E-state index in [0.717, 1.165) is 22.4 Å². The van der Waals surface area contributed by atoms with E-state index >= 15 is 0 Å². The second-order valence-electron chi connectivity index (χ2n) is 7.23. The highest BCUT2D eigenvalue weighted by Gasteiger charge is 2.16. The predicted molar refractivity (Wildman–Crippen MR) is 108 cm³/mol. The maximum Gasteiger partial charge on any atom is 0.238 e. The first kappa shape index (κ1) is 20.1. The number of rotatable bonds is 8. The number of hydrogen-bond donors (Lipinski definition) is 3. The lowest BCUT2D eigenvalue weighted by molar-refractivity contribution is -0.115. The fraction of sp³-hybridized carbons (Fsp3) is 0.409. The minimum absolute atomic E-state index is 0.0970. The van der Waals surface area contributed by atoms with E-state index in [9.17, 15) is 9.90 Å². The Morgan fingerprint density at radius 2 is 1.50 bits per heavy atom. The van der Waals surface area contributed by atoms with Gasteiger partial charge < -0.3 is 15.7 Å². The number of anilines is 1. The third kappa shape index (κ3) is 5.41. The molecule has 0 heterocycles. The molecule has 1 amide bonds. The lowest BCUT2D eigenvalue weighted by atomic mass is 9.92. The fourth-order valence-electron chi connectivity index (χ4n) is 2.99. The molecule has 4 nitrogen and oxygen atoms in total. The van der Waals surface area contributed by atoms with Crippen LogP contribution >= 0.6 is 0 Å². The van der Waals surface area contributed by atoms with E-state index in [1.165, 1.54) is 0 Å². The summed E-state index contributed by atoms with van der Waals surface area (Å²) in [5.74, 6) is 0.564. The van der Waals surface area contributed by atoms with Gasteiger partial charge in [0.15, 0.2) is 0 Å². The molecule has 0 aliphatic rings. The quantitative estimate of drug-likeness (QED) is 0.666. The summed E-state index contributed by atoms with van der Waals surface area (Å²) in [6.07, 6.45) is -0.627. The Morgan fingerprint density at radius 1 is 0.923 bits per heavy atom. The zero-order valence-corrected chi connectivity index (χ0v) is 16.1. The average molecular weight is 354 g/mol. The van der Waals surface area contributed by atoms with Gasteiger partial charge in [0.1, 0.15) is 0 Å². The van der Waals surface area contributed by atoms with E-state index in [0.29, 0.717) is 18.4 Å². The second kappa shape index (κ2) is 9.51. The maximum atomic E-state index is 12.4. The summed E-state index contributed by atoms with van der Waals surface area (Å²) >= 11 is 0. The van der Waals surface area contributed by atoms with E-state index in [1.807, 2.05) is 30.3 Å². The van der Waals surface area contributed by atoms with Crippen molar-refractivity contribution in [3.8, 4) is 0 Å². The number of nitrogens with one attached hydrogen (secondary N) is 2. The van der Waals surface area contributed by atoms with Crippen LogP contribution in [0.15, 0.2) is 48.5 Å². The zero-order valence-electron chi connectivity index (χ0n) is 16.1. The lowest BCUT2D eigenvalue weighted by Gasteiger charge is -2.20. The van der Waals surface area contributed by atoms with Crippen molar-refractivity contribution in [3.63, 3.8) is 0 Å². The zero-order chi connectivity index (χ0) is 19.1. The Kier molecular flexibility index (Phi) is 7.37. The van der Waals surface area contributed by atoms with Gasteiger partial charge in [-0.15, -0.1) is 0 Å². The minimum atomic E-state index is -0.627. The van der Waals surface area contributed by atoms with Crippen molar-refractivity contribution in [3.05, 3.63) is 65.2 Å². The minimum Gasteiger partial charge on any atom is -0.387 e. The molecular formula is C22H30N2O2. The molecule has 2 aromatic carbocycles. The topological polar surface area (TPSA) is 61.4 Å². The SMILES string of the molecule is CC(C)c1cccc(C(C)C)c1NC(=O)CNC[C@@H](O)c1ccccc1. The van der Waals surface area contributed by atoms with Gasteiger partial charge in [-0.3, -0.25) is 4.79 Å². The van der Waals surface area contributed by atoms with E-state index in [-0.39, 0.29) is 12.5 Å².